The van der Waals surface area contributed by atoms with Crippen molar-refractivity contribution < 1.29 is 4.79 Å². The quantitative estimate of drug-likeness (QED) is 0.730. The van der Waals surface area contributed by atoms with Gasteiger partial charge in [0.05, 0.1) is 5.56 Å². The predicted molar refractivity (Wildman–Crippen MR) is 65.0 cm³/mol. The largest absolute Gasteiger partial charge is 0.335 e. The minimum absolute atomic E-state index is 0.0264. The number of carbonyl (C=O) groups excluding carboxylic acids is 1. The van der Waals surface area contributed by atoms with Crippen LogP contribution in [-0.4, -0.2) is 41.0 Å². The van der Waals surface area contributed by atoms with Gasteiger partial charge in [-0.15, -0.1) is 0 Å². The summed E-state index contributed by atoms with van der Waals surface area (Å²) >= 11 is 0. The van der Waals surface area contributed by atoms with Gasteiger partial charge in [-0.05, 0) is 19.9 Å². The molecule has 0 radical (unpaired) electrons. The second-order valence-corrected chi connectivity index (χ2v) is 4.62. The zero-order valence-electron chi connectivity index (χ0n) is 10.1. The lowest BCUT2D eigenvalue weighted by atomic mass is 10.1. The summed E-state index contributed by atoms with van der Waals surface area (Å²) in [5.41, 5.74) is 0.342. The molecule has 2 rings (SSSR count). The van der Waals surface area contributed by atoms with E-state index < -0.39 is 0 Å². The van der Waals surface area contributed by atoms with Crippen LogP contribution in [0.5, 0.6) is 0 Å². The summed E-state index contributed by atoms with van der Waals surface area (Å²) in [5.74, 6) is -0.0264. The summed E-state index contributed by atoms with van der Waals surface area (Å²) in [6, 6.07) is 3.54. The Morgan fingerprint density at radius 1 is 1.29 bits per heavy atom. The van der Waals surface area contributed by atoms with E-state index in [-0.39, 0.29) is 11.5 Å². The standard InChI is InChI=1S/C12H17N3O2/c1-8-6-15(7-9(2)14-8)12(17)10-3-4-11(16)13-5-10/h3-5,8-9,14H,6-7H2,1-2H3,(H,13,16)/t8-,9-/m1/s1. The van der Waals surface area contributed by atoms with Crippen molar-refractivity contribution in [2.75, 3.05) is 13.1 Å². The molecule has 1 aromatic rings. The van der Waals surface area contributed by atoms with E-state index in [0.29, 0.717) is 30.7 Å². The first kappa shape index (κ1) is 11.9. The topological polar surface area (TPSA) is 65.2 Å². The van der Waals surface area contributed by atoms with E-state index in [1.54, 1.807) is 6.07 Å². The van der Waals surface area contributed by atoms with Gasteiger partial charge in [-0.3, -0.25) is 9.59 Å². The van der Waals surface area contributed by atoms with E-state index in [2.05, 4.69) is 24.1 Å². The lowest BCUT2D eigenvalue weighted by Gasteiger charge is -2.36. The number of rotatable bonds is 1. The number of pyridine rings is 1. The number of carbonyl (C=O) groups is 1. The summed E-state index contributed by atoms with van der Waals surface area (Å²) in [5, 5.41) is 3.37. The summed E-state index contributed by atoms with van der Waals surface area (Å²) < 4.78 is 0. The first-order valence-electron chi connectivity index (χ1n) is 5.80. The normalized spacial score (nSPS) is 24.7. The highest BCUT2D eigenvalue weighted by Gasteiger charge is 2.25. The molecule has 1 aliphatic rings. The van der Waals surface area contributed by atoms with Gasteiger partial charge in [0.1, 0.15) is 0 Å². The SMILES string of the molecule is C[C@@H]1CN(C(=O)c2ccc(=O)[nH]c2)C[C@@H](C)N1. The number of aromatic amines is 1. The maximum Gasteiger partial charge on any atom is 0.255 e. The van der Waals surface area contributed by atoms with E-state index in [9.17, 15) is 9.59 Å². The summed E-state index contributed by atoms with van der Waals surface area (Å²) in [6.45, 7) is 5.51. The third kappa shape index (κ3) is 2.74. The van der Waals surface area contributed by atoms with E-state index >= 15 is 0 Å². The number of H-pyrrole nitrogens is 1. The Hall–Kier alpha value is -1.62. The molecule has 1 amide bonds. The molecule has 1 saturated heterocycles. The molecular weight excluding hydrogens is 218 g/mol. The molecule has 92 valence electrons. The smallest absolute Gasteiger partial charge is 0.255 e. The molecule has 2 atom stereocenters. The van der Waals surface area contributed by atoms with Crippen LogP contribution in [0, 0.1) is 0 Å². The number of nitrogens with zero attached hydrogens (tertiary/aromatic N) is 1. The minimum atomic E-state index is -0.191. The number of aromatic nitrogens is 1. The van der Waals surface area contributed by atoms with E-state index in [0.717, 1.165) is 0 Å². The molecule has 17 heavy (non-hydrogen) atoms. The zero-order chi connectivity index (χ0) is 12.4. The fourth-order valence-corrected chi connectivity index (χ4v) is 2.22. The third-order valence-corrected chi connectivity index (χ3v) is 2.88. The van der Waals surface area contributed by atoms with Crippen molar-refractivity contribution in [1.29, 1.82) is 0 Å². The van der Waals surface area contributed by atoms with E-state index in [4.69, 9.17) is 0 Å². The molecule has 5 nitrogen and oxygen atoms in total. The highest BCUT2D eigenvalue weighted by molar-refractivity contribution is 5.94. The summed E-state index contributed by atoms with van der Waals surface area (Å²) in [4.78, 5) is 27.5. The second-order valence-electron chi connectivity index (χ2n) is 4.62. The van der Waals surface area contributed by atoms with Crippen LogP contribution in [0.1, 0.15) is 24.2 Å². The number of hydrogen-bond donors (Lipinski definition) is 2. The highest BCUT2D eigenvalue weighted by Crippen LogP contribution is 2.08. The third-order valence-electron chi connectivity index (χ3n) is 2.88. The molecule has 0 aromatic carbocycles. The monoisotopic (exact) mass is 235 g/mol. The highest BCUT2D eigenvalue weighted by atomic mass is 16.2. The lowest BCUT2D eigenvalue weighted by Crippen LogP contribution is -2.55. The Balaban J connectivity index is 2.14. The van der Waals surface area contributed by atoms with Crippen molar-refractivity contribution in [3.8, 4) is 0 Å². The molecular formula is C12H17N3O2. The predicted octanol–water partition coefficient (Wildman–Crippen LogP) is 0.197. The van der Waals surface area contributed by atoms with Gasteiger partial charge in [-0.1, -0.05) is 0 Å². The number of amides is 1. The fourth-order valence-electron chi connectivity index (χ4n) is 2.22. The van der Waals surface area contributed by atoms with Gasteiger partial charge in [-0.25, -0.2) is 0 Å². The van der Waals surface area contributed by atoms with Crippen molar-refractivity contribution in [3.05, 3.63) is 34.2 Å². The van der Waals surface area contributed by atoms with Crippen molar-refractivity contribution in [2.45, 2.75) is 25.9 Å². The van der Waals surface area contributed by atoms with Gasteiger partial charge < -0.3 is 15.2 Å². The van der Waals surface area contributed by atoms with Crippen LogP contribution in [0.4, 0.5) is 0 Å². The first-order valence-corrected chi connectivity index (χ1v) is 5.80. The lowest BCUT2D eigenvalue weighted by molar-refractivity contribution is 0.0673. The van der Waals surface area contributed by atoms with Crippen LogP contribution in [0.3, 0.4) is 0 Å². The maximum atomic E-state index is 12.2. The minimum Gasteiger partial charge on any atom is -0.335 e. The van der Waals surface area contributed by atoms with Crippen LogP contribution >= 0.6 is 0 Å². The van der Waals surface area contributed by atoms with Crippen LogP contribution in [0.25, 0.3) is 0 Å². The number of hydrogen-bond acceptors (Lipinski definition) is 3. The molecule has 2 N–H and O–H groups in total. The van der Waals surface area contributed by atoms with E-state index in [1.165, 1.54) is 12.3 Å². The van der Waals surface area contributed by atoms with Crippen molar-refractivity contribution in [1.82, 2.24) is 15.2 Å². The van der Waals surface area contributed by atoms with Crippen LogP contribution < -0.4 is 10.9 Å². The number of piperazine rings is 1. The molecule has 0 saturated carbocycles. The summed E-state index contributed by atoms with van der Waals surface area (Å²) in [7, 11) is 0. The Morgan fingerprint density at radius 3 is 2.47 bits per heavy atom. The molecule has 0 bridgehead atoms. The van der Waals surface area contributed by atoms with E-state index in [1.807, 2.05) is 4.90 Å². The van der Waals surface area contributed by atoms with Gasteiger partial charge in [0.15, 0.2) is 0 Å². The maximum absolute atomic E-state index is 12.2. The second kappa shape index (κ2) is 4.71. The molecule has 5 heteroatoms. The van der Waals surface area contributed by atoms with Gasteiger partial charge in [-0.2, -0.15) is 0 Å². The van der Waals surface area contributed by atoms with Crippen molar-refractivity contribution in [2.24, 2.45) is 0 Å². The van der Waals surface area contributed by atoms with Crippen LogP contribution in [-0.2, 0) is 0 Å². The molecule has 1 aliphatic heterocycles. The van der Waals surface area contributed by atoms with Gasteiger partial charge in [0, 0.05) is 37.4 Å². The molecule has 1 fully saturated rings. The molecule has 0 spiro atoms. The summed E-state index contributed by atoms with van der Waals surface area (Å²) in [6.07, 6.45) is 1.47. The average Bonchev–Trinajstić information content (AvgIpc) is 2.28. The molecule has 2 heterocycles. The molecule has 0 aliphatic carbocycles. The van der Waals surface area contributed by atoms with Crippen LogP contribution in [0.2, 0.25) is 0 Å². The number of nitrogens with one attached hydrogen (secondary N) is 2. The average molecular weight is 235 g/mol. The van der Waals surface area contributed by atoms with Gasteiger partial charge in [0.25, 0.3) is 5.91 Å². The molecule has 0 unspecified atom stereocenters. The van der Waals surface area contributed by atoms with Gasteiger partial charge in [0.2, 0.25) is 5.56 Å². The van der Waals surface area contributed by atoms with Crippen LogP contribution in [0.15, 0.2) is 23.1 Å². The molecule has 1 aromatic heterocycles. The fraction of sp³-hybridized carbons (Fsp3) is 0.500. The Bertz CT molecular complexity index is 439. The Morgan fingerprint density at radius 2 is 1.94 bits per heavy atom. The van der Waals surface area contributed by atoms with Gasteiger partial charge >= 0.3 is 0 Å². The Labute approximate surface area is 99.8 Å². The zero-order valence-corrected chi connectivity index (χ0v) is 10.1. The Kier molecular flexibility index (Phi) is 3.28. The van der Waals surface area contributed by atoms with Crippen molar-refractivity contribution >= 4 is 5.91 Å². The van der Waals surface area contributed by atoms with Crippen molar-refractivity contribution in [3.63, 3.8) is 0 Å². The first-order chi connectivity index (χ1) is 8.06.